The molecule has 0 amide bonds. The second kappa shape index (κ2) is 4.82. The molecule has 100 valence electrons. The Bertz CT molecular complexity index is 673. The molecule has 3 aliphatic rings. The van der Waals surface area contributed by atoms with E-state index in [0.29, 0.717) is 11.2 Å². The number of thioether (sulfide) groups is 1. The van der Waals surface area contributed by atoms with Gasteiger partial charge in [0, 0.05) is 16.1 Å². The Balaban J connectivity index is 1.78. The zero-order valence-corrected chi connectivity index (χ0v) is 12.5. The molecule has 0 spiro atoms. The third-order valence-corrected chi connectivity index (χ3v) is 5.81. The summed E-state index contributed by atoms with van der Waals surface area (Å²) in [6, 6.07) is 8.91. The minimum absolute atomic E-state index is 0.555. The summed E-state index contributed by atoms with van der Waals surface area (Å²) in [5.74, 6) is 0.555. The van der Waals surface area contributed by atoms with Crippen molar-refractivity contribution < 1.29 is 0 Å². The molecule has 20 heavy (non-hydrogen) atoms. The summed E-state index contributed by atoms with van der Waals surface area (Å²) in [6.45, 7) is 2.23. The largest absolute Gasteiger partial charge is 0.117 e. The normalized spacial score (nSPS) is 27.4. The average Bonchev–Trinajstić information content (AvgIpc) is 2.86. The second-order valence-electron chi connectivity index (χ2n) is 5.81. The van der Waals surface area contributed by atoms with Crippen molar-refractivity contribution in [2.45, 2.75) is 35.8 Å². The third-order valence-electron chi connectivity index (χ3n) is 4.49. The van der Waals surface area contributed by atoms with Gasteiger partial charge in [0.1, 0.15) is 0 Å². The van der Waals surface area contributed by atoms with Gasteiger partial charge in [-0.25, -0.2) is 0 Å². The SMILES string of the molecule is CC1=CC=C(C2=CC=CC3Sc4ccccc4C23)CC1. The number of fused-ring (bicyclic) bond motifs is 3. The highest BCUT2D eigenvalue weighted by molar-refractivity contribution is 8.00. The minimum atomic E-state index is 0.555. The summed E-state index contributed by atoms with van der Waals surface area (Å²) in [6.07, 6.45) is 14.0. The third kappa shape index (κ3) is 1.92. The molecule has 0 radical (unpaired) electrons. The predicted octanol–water partition coefficient (Wildman–Crippen LogP) is 5.41. The topological polar surface area (TPSA) is 0 Å². The highest BCUT2D eigenvalue weighted by Gasteiger charge is 2.36. The lowest BCUT2D eigenvalue weighted by molar-refractivity contribution is 0.795. The molecule has 2 aliphatic carbocycles. The number of rotatable bonds is 1. The molecule has 1 aromatic rings. The van der Waals surface area contributed by atoms with E-state index in [0.717, 1.165) is 0 Å². The van der Waals surface area contributed by atoms with E-state index < -0.39 is 0 Å². The number of hydrogen-bond donors (Lipinski definition) is 0. The molecule has 0 bridgehead atoms. The lowest BCUT2D eigenvalue weighted by Gasteiger charge is -2.26. The van der Waals surface area contributed by atoms with Gasteiger partial charge < -0.3 is 0 Å². The molecule has 1 heterocycles. The standard InChI is InChI=1S/C19H18S/c1-13-9-11-14(12-10-13)15-6-4-8-18-19(15)16-5-2-3-7-17(16)20-18/h2-9,11,18-19H,10,12H2,1H3. The van der Waals surface area contributed by atoms with Gasteiger partial charge in [0.25, 0.3) is 0 Å². The first kappa shape index (κ1) is 12.3. The van der Waals surface area contributed by atoms with E-state index in [1.165, 1.54) is 34.4 Å². The Morgan fingerprint density at radius 1 is 1.05 bits per heavy atom. The van der Waals surface area contributed by atoms with Crippen LogP contribution >= 0.6 is 11.8 Å². The van der Waals surface area contributed by atoms with E-state index >= 15 is 0 Å². The summed E-state index contributed by atoms with van der Waals surface area (Å²) in [5, 5.41) is 0.584. The smallest absolute Gasteiger partial charge is 0.0387 e. The molecule has 0 saturated heterocycles. The molecule has 2 atom stereocenters. The summed E-state index contributed by atoms with van der Waals surface area (Å²) < 4.78 is 0. The molecule has 0 fully saturated rings. The molecule has 0 nitrogen and oxygen atoms in total. The first-order valence-electron chi connectivity index (χ1n) is 7.33. The summed E-state index contributed by atoms with van der Waals surface area (Å²) in [4.78, 5) is 1.46. The van der Waals surface area contributed by atoms with Gasteiger partial charge in [-0.3, -0.25) is 0 Å². The van der Waals surface area contributed by atoms with Gasteiger partial charge in [0.15, 0.2) is 0 Å². The van der Waals surface area contributed by atoms with Crippen molar-refractivity contribution in [3.05, 3.63) is 76.9 Å². The minimum Gasteiger partial charge on any atom is -0.117 e. The van der Waals surface area contributed by atoms with Crippen LogP contribution in [0.5, 0.6) is 0 Å². The molecule has 1 heteroatoms. The molecular formula is C19H18S. The van der Waals surface area contributed by atoms with Crippen LogP contribution in [0.4, 0.5) is 0 Å². The predicted molar refractivity (Wildman–Crippen MR) is 87.1 cm³/mol. The number of benzene rings is 1. The molecular weight excluding hydrogens is 260 g/mol. The Morgan fingerprint density at radius 3 is 2.80 bits per heavy atom. The lowest BCUT2D eigenvalue weighted by Crippen LogP contribution is -2.15. The number of allylic oxidation sites excluding steroid dienone is 7. The monoisotopic (exact) mass is 278 g/mol. The maximum Gasteiger partial charge on any atom is 0.0387 e. The van der Waals surface area contributed by atoms with Crippen molar-refractivity contribution in [3.63, 3.8) is 0 Å². The van der Waals surface area contributed by atoms with Crippen molar-refractivity contribution in [1.82, 2.24) is 0 Å². The van der Waals surface area contributed by atoms with Gasteiger partial charge in [-0.1, -0.05) is 54.2 Å². The van der Waals surface area contributed by atoms with Crippen LogP contribution in [0.3, 0.4) is 0 Å². The molecule has 1 aliphatic heterocycles. The summed E-state index contributed by atoms with van der Waals surface area (Å²) in [5.41, 5.74) is 6.09. The van der Waals surface area contributed by atoms with E-state index in [4.69, 9.17) is 0 Å². The van der Waals surface area contributed by atoms with Crippen LogP contribution < -0.4 is 0 Å². The summed E-state index contributed by atoms with van der Waals surface area (Å²) in [7, 11) is 0. The van der Waals surface area contributed by atoms with Gasteiger partial charge in [0.2, 0.25) is 0 Å². The maximum absolute atomic E-state index is 2.36. The Labute approximate surface area is 125 Å². The van der Waals surface area contributed by atoms with Crippen LogP contribution in [0.2, 0.25) is 0 Å². The molecule has 1 aromatic carbocycles. The first-order valence-corrected chi connectivity index (χ1v) is 8.21. The molecule has 0 saturated carbocycles. The van der Waals surface area contributed by atoms with Crippen LogP contribution in [-0.4, -0.2) is 5.25 Å². The molecule has 0 N–H and O–H groups in total. The molecule has 4 rings (SSSR count). The zero-order valence-electron chi connectivity index (χ0n) is 11.7. The second-order valence-corrected chi connectivity index (χ2v) is 7.03. The quantitative estimate of drug-likeness (QED) is 0.662. The van der Waals surface area contributed by atoms with Crippen LogP contribution in [0.15, 0.2) is 76.3 Å². The lowest BCUT2D eigenvalue weighted by atomic mass is 9.79. The Kier molecular flexibility index (Phi) is 2.96. The van der Waals surface area contributed by atoms with Gasteiger partial charge in [0.05, 0.1) is 0 Å². The molecule has 0 aromatic heterocycles. The van der Waals surface area contributed by atoms with E-state index in [2.05, 4.69) is 61.6 Å². The first-order chi connectivity index (χ1) is 9.83. The van der Waals surface area contributed by atoms with Crippen molar-refractivity contribution in [1.29, 1.82) is 0 Å². The summed E-state index contributed by atoms with van der Waals surface area (Å²) >= 11 is 2.02. The fourth-order valence-corrected chi connectivity index (χ4v) is 4.77. The zero-order chi connectivity index (χ0) is 13.5. The highest BCUT2D eigenvalue weighted by Crippen LogP contribution is 2.52. The van der Waals surface area contributed by atoms with E-state index in [1.54, 1.807) is 5.57 Å². The fourth-order valence-electron chi connectivity index (χ4n) is 3.39. The molecule has 2 unspecified atom stereocenters. The number of hydrogen-bond acceptors (Lipinski definition) is 1. The van der Waals surface area contributed by atoms with Crippen LogP contribution in [0, 0.1) is 0 Å². The van der Waals surface area contributed by atoms with Gasteiger partial charge in [-0.2, -0.15) is 0 Å². The van der Waals surface area contributed by atoms with Crippen LogP contribution in [0.25, 0.3) is 0 Å². The maximum atomic E-state index is 2.36. The van der Waals surface area contributed by atoms with Crippen molar-refractivity contribution in [2.24, 2.45) is 0 Å². The highest BCUT2D eigenvalue weighted by atomic mass is 32.2. The van der Waals surface area contributed by atoms with Gasteiger partial charge in [-0.15, -0.1) is 11.8 Å². The van der Waals surface area contributed by atoms with E-state index in [1.807, 2.05) is 11.8 Å². The van der Waals surface area contributed by atoms with E-state index in [-0.39, 0.29) is 0 Å². The fraction of sp³-hybridized carbons (Fsp3) is 0.263. The average molecular weight is 278 g/mol. The van der Waals surface area contributed by atoms with E-state index in [9.17, 15) is 0 Å². The van der Waals surface area contributed by atoms with Crippen molar-refractivity contribution >= 4 is 11.8 Å². The Hall–Kier alpha value is -1.47. The Morgan fingerprint density at radius 2 is 1.95 bits per heavy atom. The van der Waals surface area contributed by atoms with Gasteiger partial charge in [-0.05, 0) is 42.5 Å². The van der Waals surface area contributed by atoms with Crippen LogP contribution in [0.1, 0.15) is 31.2 Å². The van der Waals surface area contributed by atoms with Crippen molar-refractivity contribution in [2.75, 3.05) is 0 Å². The van der Waals surface area contributed by atoms with Crippen molar-refractivity contribution in [3.8, 4) is 0 Å². The van der Waals surface area contributed by atoms with Gasteiger partial charge >= 0.3 is 0 Å². The van der Waals surface area contributed by atoms with Crippen LogP contribution in [-0.2, 0) is 0 Å².